The molecule has 2 heteroatoms. The van der Waals surface area contributed by atoms with Crippen molar-refractivity contribution in [3.63, 3.8) is 0 Å². The molecule has 2 aliphatic heterocycles. The molecule has 4 rings (SSSR count). The first-order valence-corrected chi connectivity index (χ1v) is 8.85. The maximum Gasteiger partial charge on any atom is 0.0436 e. The Labute approximate surface area is 139 Å². The summed E-state index contributed by atoms with van der Waals surface area (Å²) in [6.07, 6.45) is 1.29. The second-order valence-electron chi connectivity index (χ2n) is 7.47. The third kappa shape index (κ3) is 3.00. The molecule has 2 aromatic rings. The zero-order valence-corrected chi connectivity index (χ0v) is 14.3. The molecule has 0 unspecified atom stereocenters. The molecular weight excluding hydrogens is 280 g/mol. The van der Waals surface area contributed by atoms with Crippen LogP contribution in [0.2, 0.25) is 0 Å². The van der Waals surface area contributed by atoms with Crippen LogP contribution in [0.25, 0.3) is 0 Å². The number of benzene rings is 2. The predicted molar refractivity (Wildman–Crippen MR) is 96.3 cm³/mol. The number of hydrogen-bond acceptors (Lipinski definition) is 2. The zero-order chi connectivity index (χ0) is 15.8. The molecule has 0 amide bonds. The fourth-order valence-electron chi connectivity index (χ4n) is 3.76. The maximum absolute atomic E-state index is 2.59. The lowest BCUT2D eigenvalue weighted by atomic mass is 10.1. The summed E-state index contributed by atoms with van der Waals surface area (Å²) in [5.74, 6) is 0.789. The van der Waals surface area contributed by atoms with Gasteiger partial charge in [-0.3, -0.25) is 4.90 Å². The van der Waals surface area contributed by atoms with E-state index in [1.54, 1.807) is 0 Å². The van der Waals surface area contributed by atoms with Crippen LogP contribution in [-0.2, 0) is 26.2 Å². The van der Waals surface area contributed by atoms with Crippen LogP contribution in [-0.4, -0.2) is 11.4 Å². The van der Waals surface area contributed by atoms with Crippen LogP contribution in [0.15, 0.2) is 42.5 Å². The van der Waals surface area contributed by atoms with Gasteiger partial charge in [0.2, 0.25) is 0 Å². The van der Waals surface area contributed by atoms with Crippen molar-refractivity contribution in [3.05, 3.63) is 64.7 Å². The van der Waals surface area contributed by atoms with Gasteiger partial charge in [-0.25, -0.2) is 0 Å². The van der Waals surface area contributed by atoms with Crippen molar-refractivity contribution >= 4 is 5.69 Å². The third-order valence-electron chi connectivity index (χ3n) is 5.21. The Kier molecular flexibility index (Phi) is 3.86. The molecule has 2 aliphatic rings. The van der Waals surface area contributed by atoms with Gasteiger partial charge in [0.1, 0.15) is 0 Å². The number of fused-ring (bicyclic) bond motifs is 2. The monoisotopic (exact) mass is 306 g/mol. The van der Waals surface area contributed by atoms with E-state index in [0.717, 1.165) is 32.1 Å². The Bertz CT molecular complexity index is 680. The number of nitrogens with zero attached hydrogens (tertiary/aromatic N) is 2. The standard InChI is InChI=1S/C21H26N2/c1-16(2)9-10-22-12-19-7-8-21(11-20(19)13-22)23-14-17-5-3-4-6-18(17)15-23/h3-8,11,16H,9-10,12-15H2,1-2H3. The van der Waals surface area contributed by atoms with E-state index in [2.05, 4.69) is 66.1 Å². The molecule has 0 radical (unpaired) electrons. The van der Waals surface area contributed by atoms with E-state index in [0.29, 0.717) is 0 Å². The van der Waals surface area contributed by atoms with Gasteiger partial charge in [-0.1, -0.05) is 44.2 Å². The molecule has 0 saturated heterocycles. The summed E-state index contributed by atoms with van der Waals surface area (Å²) >= 11 is 0. The first kappa shape index (κ1) is 14.8. The van der Waals surface area contributed by atoms with E-state index in [1.807, 2.05) is 0 Å². The largest absolute Gasteiger partial charge is 0.363 e. The number of hydrogen-bond donors (Lipinski definition) is 0. The number of rotatable bonds is 4. The van der Waals surface area contributed by atoms with Gasteiger partial charge in [0.15, 0.2) is 0 Å². The van der Waals surface area contributed by atoms with Crippen LogP contribution >= 0.6 is 0 Å². The molecule has 23 heavy (non-hydrogen) atoms. The molecule has 2 aromatic carbocycles. The Hall–Kier alpha value is -1.80. The molecule has 120 valence electrons. The van der Waals surface area contributed by atoms with Gasteiger partial charge in [-0.2, -0.15) is 0 Å². The molecule has 0 aromatic heterocycles. The molecule has 0 N–H and O–H groups in total. The maximum atomic E-state index is 2.59. The summed E-state index contributed by atoms with van der Waals surface area (Å²) < 4.78 is 0. The summed E-state index contributed by atoms with van der Waals surface area (Å²) in [6.45, 7) is 10.2. The number of anilines is 1. The second kappa shape index (κ2) is 6.01. The van der Waals surface area contributed by atoms with E-state index in [1.165, 1.54) is 40.9 Å². The topological polar surface area (TPSA) is 6.48 Å². The van der Waals surface area contributed by atoms with Gasteiger partial charge in [0.05, 0.1) is 0 Å². The highest BCUT2D eigenvalue weighted by molar-refractivity contribution is 5.55. The first-order chi connectivity index (χ1) is 11.2. The van der Waals surface area contributed by atoms with Crippen molar-refractivity contribution in [1.29, 1.82) is 0 Å². The summed E-state index contributed by atoms with van der Waals surface area (Å²) in [5.41, 5.74) is 7.39. The Balaban J connectivity index is 1.47. The van der Waals surface area contributed by atoms with Crippen molar-refractivity contribution < 1.29 is 0 Å². The molecule has 0 bridgehead atoms. The quantitative estimate of drug-likeness (QED) is 0.816. The summed E-state index contributed by atoms with van der Waals surface area (Å²) in [4.78, 5) is 5.09. The summed E-state index contributed by atoms with van der Waals surface area (Å²) in [6, 6.07) is 15.9. The van der Waals surface area contributed by atoms with Crippen molar-refractivity contribution in [3.8, 4) is 0 Å². The Morgan fingerprint density at radius 3 is 2.17 bits per heavy atom. The van der Waals surface area contributed by atoms with Gasteiger partial charge in [0.25, 0.3) is 0 Å². The zero-order valence-electron chi connectivity index (χ0n) is 14.3. The molecule has 0 spiro atoms. The van der Waals surface area contributed by atoms with Crippen LogP contribution in [0.5, 0.6) is 0 Å². The third-order valence-corrected chi connectivity index (χ3v) is 5.21. The second-order valence-corrected chi connectivity index (χ2v) is 7.47. The molecule has 2 nitrogen and oxygen atoms in total. The molecule has 2 heterocycles. The van der Waals surface area contributed by atoms with E-state index in [-0.39, 0.29) is 0 Å². The minimum Gasteiger partial charge on any atom is -0.363 e. The molecule has 0 fully saturated rings. The minimum atomic E-state index is 0.789. The molecular formula is C21H26N2. The van der Waals surface area contributed by atoms with Crippen molar-refractivity contribution in [1.82, 2.24) is 4.90 Å². The lowest BCUT2D eigenvalue weighted by Crippen LogP contribution is -2.19. The highest BCUT2D eigenvalue weighted by atomic mass is 15.2. The first-order valence-electron chi connectivity index (χ1n) is 8.85. The Morgan fingerprint density at radius 1 is 0.826 bits per heavy atom. The van der Waals surface area contributed by atoms with E-state index < -0.39 is 0 Å². The van der Waals surface area contributed by atoms with Crippen molar-refractivity contribution in [2.75, 3.05) is 11.4 Å². The van der Waals surface area contributed by atoms with Crippen molar-refractivity contribution in [2.45, 2.75) is 46.4 Å². The Morgan fingerprint density at radius 2 is 1.48 bits per heavy atom. The van der Waals surface area contributed by atoms with Crippen LogP contribution in [0, 0.1) is 5.92 Å². The van der Waals surface area contributed by atoms with Crippen LogP contribution in [0.3, 0.4) is 0 Å². The van der Waals surface area contributed by atoms with Crippen molar-refractivity contribution in [2.24, 2.45) is 5.92 Å². The lowest BCUT2D eigenvalue weighted by Gasteiger charge is -2.18. The van der Waals surface area contributed by atoms with Gasteiger partial charge in [-0.15, -0.1) is 0 Å². The van der Waals surface area contributed by atoms with Crippen LogP contribution in [0.4, 0.5) is 5.69 Å². The van der Waals surface area contributed by atoms with Crippen LogP contribution < -0.4 is 4.90 Å². The predicted octanol–water partition coefficient (Wildman–Crippen LogP) is 4.57. The average molecular weight is 306 g/mol. The summed E-state index contributed by atoms with van der Waals surface area (Å²) in [7, 11) is 0. The fourth-order valence-corrected chi connectivity index (χ4v) is 3.76. The van der Waals surface area contributed by atoms with E-state index in [9.17, 15) is 0 Å². The van der Waals surface area contributed by atoms with E-state index >= 15 is 0 Å². The summed E-state index contributed by atoms with van der Waals surface area (Å²) in [5, 5.41) is 0. The smallest absolute Gasteiger partial charge is 0.0436 e. The lowest BCUT2D eigenvalue weighted by molar-refractivity contribution is 0.266. The van der Waals surface area contributed by atoms with Gasteiger partial charge < -0.3 is 4.90 Å². The van der Waals surface area contributed by atoms with Gasteiger partial charge in [0, 0.05) is 31.9 Å². The molecule has 0 aliphatic carbocycles. The average Bonchev–Trinajstić information content (AvgIpc) is 3.15. The van der Waals surface area contributed by atoms with E-state index in [4.69, 9.17) is 0 Å². The SMILES string of the molecule is CC(C)CCN1Cc2ccc(N3Cc4ccccc4C3)cc2C1. The highest BCUT2D eigenvalue weighted by Crippen LogP contribution is 2.32. The van der Waals surface area contributed by atoms with Gasteiger partial charge in [-0.05, 0) is 53.3 Å². The van der Waals surface area contributed by atoms with Gasteiger partial charge >= 0.3 is 0 Å². The molecule has 0 atom stereocenters. The normalized spacial score (nSPS) is 16.9. The minimum absolute atomic E-state index is 0.789. The van der Waals surface area contributed by atoms with Crippen LogP contribution in [0.1, 0.15) is 42.5 Å². The fraction of sp³-hybridized carbons (Fsp3) is 0.429. The molecule has 0 saturated carbocycles. The highest BCUT2D eigenvalue weighted by Gasteiger charge is 2.22.